The molecule has 3 nitrogen and oxygen atoms in total. The molecule has 0 aromatic carbocycles. The third-order valence-corrected chi connectivity index (χ3v) is 4.29. The Kier molecular flexibility index (Phi) is 5.93. The van der Waals surface area contributed by atoms with E-state index < -0.39 is 0 Å². The summed E-state index contributed by atoms with van der Waals surface area (Å²) < 4.78 is 11.8. The van der Waals surface area contributed by atoms with Crippen LogP contribution in [0, 0.1) is 11.8 Å². The molecule has 2 aliphatic heterocycles. The van der Waals surface area contributed by atoms with Gasteiger partial charge in [0.15, 0.2) is 0 Å². The van der Waals surface area contributed by atoms with E-state index in [2.05, 4.69) is 18.7 Å². The van der Waals surface area contributed by atoms with E-state index in [1.165, 1.54) is 38.5 Å². The largest absolute Gasteiger partial charge is 0.339 e. The Hall–Kier alpha value is -0.120. The summed E-state index contributed by atoms with van der Waals surface area (Å²) in [4.78, 5) is 2.38. The summed E-state index contributed by atoms with van der Waals surface area (Å²) in [5.41, 5.74) is 0. The summed E-state index contributed by atoms with van der Waals surface area (Å²) in [5.74, 6) is 1.55. The van der Waals surface area contributed by atoms with Crippen molar-refractivity contribution < 1.29 is 9.47 Å². The summed E-state index contributed by atoms with van der Waals surface area (Å²) in [7, 11) is 0. The molecule has 0 amide bonds. The van der Waals surface area contributed by atoms with Crippen molar-refractivity contribution in [2.45, 2.75) is 58.8 Å². The van der Waals surface area contributed by atoms with Gasteiger partial charge >= 0.3 is 0 Å². The highest BCUT2D eigenvalue weighted by Crippen LogP contribution is 2.25. The second-order valence-electron chi connectivity index (χ2n) is 5.90. The monoisotopic (exact) mass is 255 g/mol. The highest BCUT2D eigenvalue weighted by Gasteiger charge is 2.29. The van der Waals surface area contributed by atoms with Crippen LogP contribution in [0.3, 0.4) is 0 Å². The lowest BCUT2D eigenvalue weighted by molar-refractivity contribution is -0.271. The lowest BCUT2D eigenvalue weighted by Gasteiger charge is -2.40. The molecule has 106 valence electrons. The van der Waals surface area contributed by atoms with E-state index in [0.29, 0.717) is 5.92 Å². The number of hydrogen-bond acceptors (Lipinski definition) is 3. The maximum atomic E-state index is 5.88. The molecule has 0 aromatic heterocycles. The fourth-order valence-corrected chi connectivity index (χ4v) is 3.18. The molecular weight excluding hydrogens is 226 g/mol. The predicted molar refractivity (Wildman–Crippen MR) is 73.3 cm³/mol. The smallest absolute Gasteiger partial charge is 0.218 e. The first-order chi connectivity index (χ1) is 8.83. The van der Waals surface area contributed by atoms with Crippen LogP contribution in [0.25, 0.3) is 0 Å². The number of hydrogen-bond donors (Lipinski definition) is 0. The Morgan fingerprint density at radius 3 is 2.00 bits per heavy atom. The van der Waals surface area contributed by atoms with Crippen LogP contribution in [-0.4, -0.2) is 37.6 Å². The summed E-state index contributed by atoms with van der Waals surface area (Å²) in [6, 6.07) is 0. The second-order valence-corrected chi connectivity index (χ2v) is 5.90. The van der Waals surface area contributed by atoms with E-state index in [9.17, 15) is 0 Å². The maximum absolute atomic E-state index is 5.88. The van der Waals surface area contributed by atoms with Gasteiger partial charge in [0.1, 0.15) is 0 Å². The predicted octanol–water partition coefficient (Wildman–Crippen LogP) is 3.25. The molecule has 2 saturated heterocycles. The van der Waals surface area contributed by atoms with E-state index in [1.807, 2.05) is 0 Å². The van der Waals surface area contributed by atoms with Crippen LogP contribution >= 0.6 is 0 Å². The third kappa shape index (κ3) is 3.94. The number of likely N-dealkylation sites (tertiary alicyclic amines) is 1. The van der Waals surface area contributed by atoms with E-state index in [0.717, 1.165) is 32.2 Å². The molecule has 0 N–H and O–H groups in total. The topological polar surface area (TPSA) is 21.7 Å². The SMILES string of the molecule is CCCC1CCN(C2OCC(CCC)CO2)CC1. The van der Waals surface area contributed by atoms with Crippen LogP contribution in [0.2, 0.25) is 0 Å². The zero-order valence-electron chi connectivity index (χ0n) is 12.1. The molecule has 2 heterocycles. The van der Waals surface area contributed by atoms with Crippen LogP contribution in [-0.2, 0) is 9.47 Å². The van der Waals surface area contributed by atoms with Crippen molar-refractivity contribution in [3.63, 3.8) is 0 Å². The lowest BCUT2D eigenvalue weighted by atomic mass is 9.93. The molecule has 0 unspecified atom stereocenters. The van der Waals surface area contributed by atoms with E-state index >= 15 is 0 Å². The Balaban J connectivity index is 1.68. The normalized spacial score (nSPS) is 31.7. The number of rotatable bonds is 5. The number of piperidine rings is 1. The molecule has 0 radical (unpaired) electrons. The summed E-state index contributed by atoms with van der Waals surface area (Å²) in [6.45, 7) is 8.57. The van der Waals surface area contributed by atoms with E-state index in [1.54, 1.807) is 0 Å². The van der Waals surface area contributed by atoms with Crippen LogP contribution in [0.15, 0.2) is 0 Å². The molecule has 18 heavy (non-hydrogen) atoms. The Morgan fingerprint density at radius 2 is 1.44 bits per heavy atom. The quantitative estimate of drug-likeness (QED) is 0.753. The van der Waals surface area contributed by atoms with Crippen LogP contribution < -0.4 is 0 Å². The molecule has 0 aliphatic carbocycles. The van der Waals surface area contributed by atoms with Gasteiger partial charge in [-0.25, -0.2) is 0 Å². The molecular formula is C15H29NO2. The highest BCUT2D eigenvalue weighted by molar-refractivity contribution is 4.73. The minimum absolute atomic E-state index is 0.0549. The van der Waals surface area contributed by atoms with Gasteiger partial charge < -0.3 is 9.47 Å². The molecule has 2 fully saturated rings. The molecule has 0 bridgehead atoms. The summed E-state index contributed by atoms with van der Waals surface area (Å²) in [6.07, 6.45) is 7.74. The van der Waals surface area contributed by atoms with Crippen molar-refractivity contribution in [3.05, 3.63) is 0 Å². The zero-order chi connectivity index (χ0) is 12.8. The fourth-order valence-electron chi connectivity index (χ4n) is 3.18. The lowest BCUT2D eigenvalue weighted by Crippen LogP contribution is -2.48. The van der Waals surface area contributed by atoms with Crippen molar-refractivity contribution >= 4 is 0 Å². The van der Waals surface area contributed by atoms with Gasteiger partial charge in [0.05, 0.1) is 13.2 Å². The van der Waals surface area contributed by atoms with Crippen molar-refractivity contribution in [2.24, 2.45) is 11.8 Å². The fraction of sp³-hybridized carbons (Fsp3) is 1.00. The van der Waals surface area contributed by atoms with Gasteiger partial charge in [-0.15, -0.1) is 0 Å². The van der Waals surface area contributed by atoms with Crippen molar-refractivity contribution in [2.75, 3.05) is 26.3 Å². The summed E-state index contributed by atoms with van der Waals surface area (Å²) in [5, 5.41) is 0. The Bertz CT molecular complexity index is 195. The number of nitrogens with zero attached hydrogens (tertiary/aromatic N) is 1. The molecule has 0 aromatic rings. The Labute approximate surface area is 112 Å². The molecule has 0 spiro atoms. The first-order valence-corrected chi connectivity index (χ1v) is 7.80. The second kappa shape index (κ2) is 7.46. The Morgan fingerprint density at radius 1 is 0.889 bits per heavy atom. The average Bonchev–Trinajstić information content (AvgIpc) is 2.41. The van der Waals surface area contributed by atoms with Gasteiger partial charge in [0, 0.05) is 19.0 Å². The summed E-state index contributed by atoms with van der Waals surface area (Å²) >= 11 is 0. The third-order valence-electron chi connectivity index (χ3n) is 4.29. The molecule has 2 rings (SSSR count). The highest BCUT2D eigenvalue weighted by atomic mass is 16.7. The van der Waals surface area contributed by atoms with Gasteiger partial charge in [0.2, 0.25) is 6.41 Å². The van der Waals surface area contributed by atoms with Crippen molar-refractivity contribution in [3.8, 4) is 0 Å². The van der Waals surface area contributed by atoms with Gasteiger partial charge in [0.25, 0.3) is 0 Å². The van der Waals surface area contributed by atoms with E-state index in [4.69, 9.17) is 9.47 Å². The van der Waals surface area contributed by atoms with Gasteiger partial charge in [-0.2, -0.15) is 0 Å². The first kappa shape index (κ1) is 14.3. The zero-order valence-corrected chi connectivity index (χ0v) is 12.1. The molecule has 0 atom stereocenters. The van der Waals surface area contributed by atoms with Gasteiger partial charge in [-0.3, -0.25) is 4.90 Å². The maximum Gasteiger partial charge on any atom is 0.218 e. The average molecular weight is 255 g/mol. The van der Waals surface area contributed by atoms with Crippen molar-refractivity contribution in [1.82, 2.24) is 4.90 Å². The van der Waals surface area contributed by atoms with Crippen LogP contribution in [0.1, 0.15) is 52.4 Å². The van der Waals surface area contributed by atoms with Gasteiger partial charge in [-0.05, 0) is 25.2 Å². The molecule has 3 heteroatoms. The minimum Gasteiger partial charge on any atom is -0.339 e. The van der Waals surface area contributed by atoms with Crippen LogP contribution in [0.4, 0.5) is 0 Å². The minimum atomic E-state index is -0.0549. The van der Waals surface area contributed by atoms with Crippen molar-refractivity contribution in [1.29, 1.82) is 0 Å². The number of ether oxygens (including phenoxy) is 2. The molecule has 2 aliphatic rings. The molecule has 0 saturated carbocycles. The standard InChI is InChI=1S/C15H29NO2/c1-3-5-13-7-9-16(10-8-13)15-17-11-14(6-4-2)12-18-15/h13-15H,3-12H2,1-2H3. The van der Waals surface area contributed by atoms with Crippen LogP contribution in [0.5, 0.6) is 0 Å². The van der Waals surface area contributed by atoms with E-state index in [-0.39, 0.29) is 6.41 Å². The first-order valence-electron chi connectivity index (χ1n) is 7.80. The van der Waals surface area contributed by atoms with Gasteiger partial charge in [-0.1, -0.05) is 33.1 Å².